The van der Waals surface area contributed by atoms with Crippen molar-refractivity contribution in [2.45, 2.75) is 12.4 Å². The summed E-state index contributed by atoms with van der Waals surface area (Å²) in [5, 5.41) is 3.69. The second-order valence-electron chi connectivity index (χ2n) is 3.92. The number of ether oxygens (including phenoxy) is 1. The number of nitrogens with zero attached hydrogens (tertiary/aromatic N) is 4. The van der Waals surface area contributed by atoms with Crippen LogP contribution in [-0.4, -0.2) is 26.8 Å². The minimum atomic E-state index is 0.298. The number of methoxy groups -OCH3 is 1. The summed E-state index contributed by atoms with van der Waals surface area (Å²) in [6.45, 7) is 0.485. The van der Waals surface area contributed by atoms with E-state index in [4.69, 9.17) is 20.9 Å². The zero-order valence-corrected chi connectivity index (χ0v) is 11.0. The van der Waals surface area contributed by atoms with Crippen LogP contribution in [0.5, 0.6) is 5.88 Å². The van der Waals surface area contributed by atoms with Crippen molar-refractivity contribution in [1.29, 1.82) is 0 Å². The second kappa shape index (κ2) is 4.89. The number of rotatable bonds is 4. The van der Waals surface area contributed by atoms with Crippen molar-refractivity contribution in [2.24, 2.45) is 0 Å². The van der Waals surface area contributed by atoms with Crippen molar-refractivity contribution in [2.75, 3.05) is 7.11 Å². The number of hydrogen-bond donors (Lipinski definition) is 0. The summed E-state index contributed by atoms with van der Waals surface area (Å²) >= 11 is 5.93. The fourth-order valence-corrected chi connectivity index (χ4v) is 2.10. The highest BCUT2D eigenvalue weighted by molar-refractivity contribution is 6.16. The Hall–Kier alpha value is -2.08. The van der Waals surface area contributed by atoms with Gasteiger partial charge in [0.05, 0.1) is 25.7 Å². The van der Waals surface area contributed by atoms with E-state index in [0.29, 0.717) is 24.0 Å². The van der Waals surface area contributed by atoms with E-state index in [2.05, 4.69) is 15.1 Å². The maximum absolute atomic E-state index is 5.93. The first-order chi connectivity index (χ1) is 9.31. The van der Waals surface area contributed by atoms with Crippen LogP contribution >= 0.6 is 11.6 Å². The lowest BCUT2D eigenvalue weighted by Gasteiger charge is -2.04. The standard InChI is InChI=1S/C12H11ClN4O2/c1-18-11-3-2-9-12(16-11)17(10(6-13)15-9)7-8-4-5-14-19-8/h2-5H,6-7H2,1H3. The van der Waals surface area contributed by atoms with E-state index >= 15 is 0 Å². The summed E-state index contributed by atoms with van der Waals surface area (Å²) in [6, 6.07) is 5.42. The highest BCUT2D eigenvalue weighted by Crippen LogP contribution is 2.20. The number of pyridine rings is 1. The highest BCUT2D eigenvalue weighted by Gasteiger charge is 2.13. The quantitative estimate of drug-likeness (QED) is 0.685. The number of imidazole rings is 1. The summed E-state index contributed by atoms with van der Waals surface area (Å²) in [5.74, 6) is 2.28. The predicted octanol–water partition coefficient (Wildman–Crippen LogP) is 2.21. The van der Waals surface area contributed by atoms with Gasteiger partial charge in [0, 0.05) is 12.1 Å². The van der Waals surface area contributed by atoms with Crippen LogP contribution in [0, 0.1) is 0 Å². The molecule has 0 atom stereocenters. The Labute approximate surface area is 114 Å². The molecular formula is C12H11ClN4O2. The van der Waals surface area contributed by atoms with Gasteiger partial charge in [0.25, 0.3) is 0 Å². The predicted molar refractivity (Wildman–Crippen MR) is 69.2 cm³/mol. The lowest BCUT2D eigenvalue weighted by atomic mass is 10.4. The first kappa shape index (κ1) is 12.0. The molecule has 6 nitrogen and oxygen atoms in total. The SMILES string of the molecule is COc1ccc2nc(CCl)n(Cc3ccno3)c2n1. The molecule has 3 aromatic rings. The third kappa shape index (κ3) is 2.15. The van der Waals surface area contributed by atoms with Crippen LogP contribution in [0.25, 0.3) is 11.2 Å². The van der Waals surface area contributed by atoms with Crippen molar-refractivity contribution in [3.05, 3.63) is 36.0 Å². The number of hydrogen-bond acceptors (Lipinski definition) is 5. The summed E-state index contributed by atoms with van der Waals surface area (Å²) in [4.78, 5) is 8.84. The Morgan fingerprint density at radius 2 is 2.21 bits per heavy atom. The lowest BCUT2D eigenvalue weighted by Crippen LogP contribution is -2.04. The maximum atomic E-state index is 5.93. The van der Waals surface area contributed by atoms with E-state index in [1.165, 1.54) is 0 Å². The smallest absolute Gasteiger partial charge is 0.215 e. The van der Waals surface area contributed by atoms with Gasteiger partial charge >= 0.3 is 0 Å². The molecule has 0 saturated carbocycles. The van der Waals surface area contributed by atoms with Gasteiger partial charge in [-0.3, -0.25) is 0 Å². The number of fused-ring (bicyclic) bond motifs is 1. The molecule has 0 fully saturated rings. The third-order valence-electron chi connectivity index (χ3n) is 2.78. The van der Waals surface area contributed by atoms with Crippen molar-refractivity contribution in [3.63, 3.8) is 0 Å². The number of aromatic nitrogens is 4. The highest BCUT2D eigenvalue weighted by atomic mass is 35.5. The molecule has 7 heteroatoms. The zero-order valence-electron chi connectivity index (χ0n) is 10.2. The molecule has 0 aliphatic carbocycles. The molecule has 0 aromatic carbocycles. The average molecular weight is 279 g/mol. The van der Waals surface area contributed by atoms with Crippen LogP contribution < -0.4 is 4.74 Å². The zero-order chi connectivity index (χ0) is 13.2. The van der Waals surface area contributed by atoms with Crippen LogP contribution in [0.3, 0.4) is 0 Å². The topological polar surface area (TPSA) is 66.0 Å². The molecule has 0 aliphatic rings. The van der Waals surface area contributed by atoms with Gasteiger partial charge in [0.15, 0.2) is 11.4 Å². The Morgan fingerprint density at radius 1 is 1.32 bits per heavy atom. The lowest BCUT2D eigenvalue weighted by molar-refractivity contribution is 0.375. The molecule has 3 aromatic heterocycles. The van der Waals surface area contributed by atoms with E-state index in [-0.39, 0.29) is 0 Å². The van der Waals surface area contributed by atoms with Gasteiger partial charge in [-0.15, -0.1) is 11.6 Å². The normalized spacial score (nSPS) is 11.1. The van der Waals surface area contributed by atoms with Gasteiger partial charge in [0.1, 0.15) is 11.3 Å². The van der Waals surface area contributed by atoms with Gasteiger partial charge in [-0.1, -0.05) is 5.16 Å². The second-order valence-corrected chi connectivity index (χ2v) is 4.19. The van der Waals surface area contributed by atoms with Crippen LogP contribution in [-0.2, 0) is 12.4 Å². The molecule has 98 valence electrons. The first-order valence-electron chi connectivity index (χ1n) is 5.67. The van der Waals surface area contributed by atoms with Crippen LogP contribution in [0.4, 0.5) is 0 Å². The minimum absolute atomic E-state index is 0.298. The van der Waals surface area contributed by atoms with Crippen molar-refractivity contribution in [3.8, 4) is 5.88 Å². The van der Waals surface area contributed by atoms with Gasteiger partial charge in [-0.25, -0.2) is 4.98 Å². The molecule has 0 N–H and O–H groups in total. The van der Waals surface area contributed by atoms with E-state index in [1.807, 2.05) is 10.6 Å². The summed E-state index contributed by atoms with van der Waals surface area (Å²) in [7, 11) is 1.58. The molecule has 3 heterocycles. The molecule has 0 amide bonds. The van der Waals surface area contributed by atoms with Gasteiger partial charge in [-0.05, 0) is 6.07 Å². The molecular weight excluding hydrogens is 268 g/mol. The Bertz CT molecular complexity index is 693. The van der Waals surface area contributed by atoms with Crippen LogP contribution in [0.1, 0.15) is 11.6 Å². The Kier molecular flexibility index (Phi) is 3.08. The van der Waals surface area contributed by atoms with Gasteiger partial charge < -0.3 is 13.8 Å². The summed E-state index contributed by atoms with van der Waals surface area (Å²) in [6.07, 6.45) is 1.60. The van der Waals surface area contributed by atoms with E-state index < -0.39 is 0 Å². The molecule has 3 rings (SSSR count). The van der Waals surface area contributed by atoms with Gasteiger partial charge in [0.2, 0.25) is 5.88 Å². The van der Waals surface area contributed by atoms with Crippen LogP contribution in [0.15, 0.2) is 28.9 Å². The van der Waals surface area contributed by atoms with Crippen LogP contribution in [0.2, 0.25) is 0 Å². The molecule has 0 bridgehead atoms. The van der Waals surface area contributed by atoms with E-state index in [1.54, 1.807) is 25.4 Å². The minimum Gasteiger partial charge on any atom is -0.481 e. The Morgan fingerprint density at radius 3 is 2.89 bits per heavy atom. The fourth-order valence-electron chi connectivity index (χ4n) is 1.89. The fraction of sp³-hybridized carbons (Fsp3) is 0.250. The number of alkyl halides is 1. The molecule has 0 radical (unpaired) electrons. The maximum Gasteiger partial charge on any atom is 0.215 e. The number of halogens is 1. The van der Waals surface area contributed by atoms with E-state index in [0.717, 1.165) is 17.1 Å². The monoisotopic (exact) mass is 278 g/mol. The molecule has 0 spiro atoms. The molecule has 19 heavy (non-hydrogen) atoms. The van der Waals surface area contributed by atoms with Crippen molar-refractivity contribution >= 4 is 22.8 Å². The third-order valence-corrected chi connectivity index (χ3v) is 3.02. The molecule has 0 unspecified atom stereocenters. The van der Waals surface area contributed by atoms with E-state index in [9.17, 15) is 0 Å². The Balaban J connectivity index is 2.13. The van der Waals surface area contributed by atoms with Crippen molar-refractivity contribution in [1.82, 2.24) is 19.7 Å². The average Bonchev–Trinajstić information content (AvgIpc) is 3.07. The largest absolute Gasteiger partial charge is 0.481 e. The summed E-state index contributed by atoms with van der Waals surface area (Å²) in [5.41, 5.74) is 1.49. The molecule has 0 saturated heterocycles. The van der Waals surface area contributed by atoms with Crippen molar-refractivity contribution < 1.29 is 9.26 Å². The molecule has 0 aliphatic heterocycles. The first-order valence-corrected chi connectivity index (χ1v) is 6.21. The summed E-state index contributed by atoms with van der Waals surface area (Å²) < 4.78 is 12.1. The van der Waals surface area contributed by atoms with Gasteiger partial charge in [-0.2, -0.15) is 4.98 Å².